The van der Waals surface area contributed by atoms with E-state index < -0.39 is 40.8 Å². The maximum Gasteiger partial charge on any atom is 0.267 e. The normalized spacial score (nSPS) is 21.0. The molecular weight excluding hydrogens is 471 g/mol. The lowest BCUT2D eigenvalue weighted by Crippen LogP contribution is -2.54. The Hall–Kier alpha value is -1.46. The number of imide groups is 2. The molecule has 3 rings (SSSR count). The number of nitrogens with one attached hydrogen (secondary N) is 1. The van der Waals surface area contributed by atoms with Crippen molar-refractivity contribution >= 4 is 57.4 Å². The van der Waals surface area contributed by atoms with E-state index in [1.807, 2.05) is 0 Å². The molecule has 2 unspecified atom stereocenters. The number of carbonyl (C=O) groups excluding carboxylic acids is 4. The molecule has 2 aliphatic rings. The lowest BCUT2D eigenvalue weighted by Gasteiger charge is -2.27. The van der Waals surface area contributed by atoms with Gasteiger partial charge in [-0.3, -0.25) is 29.4 Å². The van der Waals surface area contributed by atoms with Crippen LogP contribution in [0.25, 0.3) is 0 Å². The van der Waals surface area contributed by atoms with E-state index >= 15 is 0 Å². The van der Waals surface area contributed by atoms with E-state index in [0.717, 1.165) is 22.2 Å². The number of halogens is 1. The Balaban J connectivity index is 1.89. The Labute approximate surface area is 167 Å². The zero-order valence-electron chi connectivity index (χ0n) is 13.8. The second-order valence-corrected chi connectivity index (χ2v) is 8.69. The molecule has 2 aliphatic heterocycles. The first-order valence-corrected chi connectivity index (χ1v) is 11.1. The summed E-state index contributed by atoms with van der Waals surface area (Å²) in [6.07, 6.45) is 1.86. The summed E-state index contributed by atoms with van der Waals surface area (Å²) in [7, 11) is 0. The van der Waals surface area contributed by atoms with Crippen LogP contribution in [0.1, 0.15) is 46.4 Å². The van der Waals surface area contributed by atoms with Crippen LogP contribution < -0.4 is 5.32 Å². The fourth-order valence-electron chi connectivity index (χ4n) is 3.11. The zero-order valence-corrected chi connectivity index (χ0v) is 16.8. The number of piperidine rings is 1. The Bertz CT molecular complexity index is 784. The average Bonchev–Trinajstić information content (AvgIpc) is 2.87. The first kappa shape index (κ1) is 19.3. The fourth-order valence-corrected chi connectivity index (χ4v) is 4.99. The summed E-state index contributed by atoms with van der Waals surface area (Å²) < 4.78 is 13.6. The number of hydrogen-bond acceptors (Lipinski definition) is 5. The SMILES string of the molecule is O=C1CCC(N2C(=O)c3cccc([S+]([O-])CCCCI)c3C2=O)C(=O)N1. The highest BCUT2D eigenvalue weighted by molar-refractivity contribution is 14.1. The molecule has 0 aromatic heterocycles. The Kier molecular flexibility index (Phi) is 5.98. The van der Waals surface area contributed by atoms with Gasteiger partial charge in [-0.1, -0.05) is 28.7 Å². The highest BCUT2D eigenvalue weighted by Crippen LogP contribution is 2.32. The molecular formula is C17H17IN2O5S. The van der Waals surface area contributed by atoms with Crippen molar-refractivity contribution in [3.05, 3.63) is 29.3 Å². The van der Waals surface area contributed by atoms with Gasteiger partial charge in [-0.05, 0) is 47.0 Å². The predicted octanol–water partition coefficient (Wildman–Crippen LogP) is 1.41. The smallest absolute Gasteiger partial charge is 0.267 e. The average molecular weight is 488 g/mol. The van der Waals surface area contributed by atoms with Crippen LogP contribution in [0, 0.1) is 0 Å². The number of alkyl halides is 1. The van der Waals surface area contributed by atoms with E-state index in [4.69, 9.17) is 0 Å². The number of hydrogen-bond donors (Lipinski definition) is 1. The summed E-state index contributed by atoms with van der Waals surface area (Å²) in [5.41, 5.74) is 0.287. The van der Waals surface area contributed by atoms with E-state index in [2.05, 4.69) is 27.9 Å². The summed E-state index contributed by atoms with van der Waals surface area (Å²) >= 11 is 0.854. The largest absolute Gasteiger partial charge is 0.611 e. The number of nitrogens with zero attached hydrogens (tertiary/aromatic N) is 1. The van der Waals surface area contributed by atoms with E-state index in [1.165, 1.54) is 6.07 Å². The molecule has 1 N–H and O–H groups in total. The van der Waals surface area contributed by atoms with Crippen molar-refractivity contribution in [3.63, 3.8) is 0 Å². The molecule has 2 atom stereocenters. The number of amides is 4. The van der Waals surface area contributed by atoms with Gasteiger partial charge in [0.1, 0.15) is 17.4 Å². The van der Waals surface area contributed by atoms with Crippen LogP contribution in [-0.2, 0) is 20.8 Å². The van der Waals surface area contributed by atoms with Crippen molar-refractivity contribution in [2.45, 2.75) is 36.6 Å². The molecule has 0 bridgehead atoms. The van der Waals surface area contributed by atoms with Gasteiger partial charge in [-0.15, -0.1) is 0 Å². The molecule has 1 saturated heterocycles. The molecule has 0 aliphatic carbocycles. The molecule has 0 saturated carbocycles. The van der Waals surface area contributed by atoms with Crippen LogP contribution in [-0.4, -0.2) is 49.3 Å². The van der Waals surface area contributed by atoms with Crippen LogP contribution in [0.3, 0.4) is 0 Å². The van der Waals surface area contributed by atoms with Gasteiger partial charge in [-0.25, -0.2) is 0 Å². The van der Waals surface area contributed by atoms with Gasteiger partial charge in [0.25, 0.3) is 11.8 Å². The quantitative estimate of drug-likeness (QED) is 0.214. The molecule has 1 aromatic carbocycles. The minimum atomic E-state index is -1.39. The van der Waals surface area contributed by atoms with Gasteiger partial charge < -0.3 is 4.55 Å². The van der Waals surface area contributed by atoms with Crippen LogP contribution in [0.4, 0.5) is 0 Å². The summed E-state index contributed by atoms with van der Waals surface area (Å²) in [6.45, 7) is 0. The van der Waals surface area contributed by atoms with E-state index in [9.17, 15) is 23.7 Å². The number of rotatable bonds is 6. The van der Waals surface area contributed by atoms with E-state index in [-0.39, 0.29) is 24.0 Å². The molecule has 26 heavy (non-hydrogen) atoms. The van der Waals surface area contributed by atoms with Crippen molar-refractivity contribution in [2.24, 2.45) is 0 Å². The minimum Gasteiger partial charge on any atom is -0.611 e. The van der Waals surface area contributed by atoms with Crippen molar-refractivity contribution in [1.29, 1.82) is 0 Å². The highest BCUT2D eigenvalue weighted by atomic mass is 127. The van der Waals surface area contributed by atoms with Crippen LogP contribution >= 0.6 is 22.6 Å². The van der Waals surface area contributed by atoms with Crippen LogP contribution in [0.15, 0.2) is 23.1 Å². The van der Waals surface area contributed by atoms with Crippen molar-refractivity contribution in [2.75, 3.05) is 10.2 Å². The van der Waals surface area contributed by atoms with Crippen molar-refractivity contribution in [1.82, 2.24) is 10.2 Å². The second kappa shape index (κ2) is 8.05. The number of fused-ring (bicyclic) bond motifs is 1. The first-order valence-electron chi connectivity index (χ1n) is 8.24. The topological polar surface area (TPSA) is 107 Å². The molecule has 138 valence electrons. The van der Waals surface area contributed by atoms with E-state index in [0.29, 0.717) is 10.6 Å². The second-order valence-electron chi connectivity index (χ2n) is 6.07. The van der Waals surface area contributed by atoms with Crippen molar-refractivity contribution < 1.29 is 23.7 Å². The number of unbranched alkanes of at least 4 members (excludes halogenated alkanes) is 1. The summed E-state index contributed by atoms with van der Waals surface area (Å²) in [4.78, 5) is 50.3. The molecule has 1 aromatic rings. The number of carbonyl (C=O) groups is 4. The van der Waals surface area contributed by atoms with Gasteiger partial charge in [0.2, 0.25) is 11.8 Å². The maximum atomic E-state index is 12.9. The lowest BCUT2D eigenvalue weighted by molar-refractivity contribution is -0.136. The lowest BCUT2D eigenvalue weighted by atomic mass is 10.0. The summed E-state index contributed by atoms with van der Waals surface area (Å²) in [6, 6.07) is 3.69. The van der Waals surface area contributed by atoms with Gasteiger partial charge >= 0.3 is 0 Å². The molecule has 0 radical (unpaired) electrons. The number of benzene rings is 1. The Morgan fingerprint density at radius 2 is 1.96 bits per heavy atom. The van der Waals surface area contributed by atoms with Gasteiger partial charge in [0, 0.05) is 6.42 Å². The Morgan fingerprint density at radius 3 is 2.65 bits per heavy atom. The molecule has 2 heterocycles. The van der Waals surface area contributed by atoms with Gasteiger partial charge in [-0.2, -0.15) is 0 Å². The maximum absolute atomic E-state index is 12.9. The zero-order chi connectivity index (χ0) is 18.8. The highest BCUT2D eigenvalue weighted by Gasteiger charge is 2.47. The van der Waals surface area contributed by atoms with Crippen molar-refractivity contribution in [3.8, 4) is 0 Å². The third-order valence-electron chi connectivity index (χ3n) is 4.39. The predicted molar refractivity (Wildman–Crippen MR) is 103 cm³/mol. The van der Waals surface area contributed by atoms with E-state index in [1.54, 1.807) is 12.1 Å². The third kappa shape index (κ3) is 3.52. The minimum absolute atomic E-state index is 0.0684. The molecule has 4 amide bonds. The van der Waals surface area contributed by atoms with Gasteiger partial charge in [0.05, 0.1) is 5.56 Å². The standard InChI is InChI=1S/C17H17IN2O5S/c18-8-1-2-9-26(25)12-5-3-4-10-14(12)17(24)20(16(10)23)11-6-7-13(21)19-15(11)22/h3-5,11H,1-2,6-9H2,(H,19,21,22). The summed E-state index contributed by atoms with van der Waals surface area (Å²) in [5.74, 6) is -1.84. The monoisotopic (exact) mass is 488 g/mol. The molecule has 7 nitrogen and oxygen atoms in total. The molecule has 1 fully saturated rings. The first-order chi connectivity index (χ1) is 12.5. The molecule has 0 spiro atoms. The summed E-state index contributed by atoms with van der Waals surface area (Å²) in [5, 5.41) is 2.16. The molecule has 9 heteroatoms. The Morgan fingerprint density at radius 1 is 1.19 bits per heavy atom. The van der Waals surface area contributed by atoms with Gasteiger partial charge in [0.15, 0.2) is 4.90 Å². The van der Waals surface area contributed by atoms with Crippen LogP contribution in [0.2, 0.25) is 0 Å². The third-order valence-corrected chi connectivity index (χ3v) is 6.64. The fraction of sp³-hybridized carbons (Fsp3) is 0.412. The van der Waals surface area contributed by atoms with Crippen LogP contribution in [0.5, 0.6) is 0 Å².